The van der Waals surface area contributed by atoms with Crippen molar-refractivity contribution < 1.29 is 19.0 Å². The third-order valence-corrected chi connectivity index (χ3v) is 8.07. The molecule has 0 bridgehead atoms. The van der Waals surface area contributed by atoms with E-state index >= 15 is 0 Å². The van der Waals surface area contributed by atoms with Crippen LogP contribution in [0.3, 0.4) is 0 Å². The number of carbonyl (C=O) groups excluding carboxylic acids is 1. The number of piperidine rings is 1. The van der Waals surface area contributed by atoms with Gasteiger partial charge in [-0.2, -0.15) is 0 Å². The van der Waals surface area contributed by atoms with Gasteiger partial charge in [-0.05, 0) is 117 Å². The lowest BCUT2D eigenvalue weighted by molar-refractivity contribution is 0.102. The number of amides is 1. The van der Waals surface area contributed by atoms with Crippen LogP contribution in [0.15, 0.2) is 60.7 Å². The summed E-state index contributed by atoms with van der Waals surface area (Å²) in [7, 11) is 3.15. The first kappa shape index (κ1) is 27.1. The van der Waals surface area contributed by atoms with Gasteiger partial charge in [0.15, 0.2) is 11.5 Å². The molecule has 3 aromatic carbocycles. The van der Waals surface area contributed by atoms with Crippen LogP contribution in [0.4, 0.5) is 5.69 Å². The van der Waals surface area contributed by atoms with Crippen LogP contribution in [0, 0.1) is 5.92 Å². The predicted molar refractivity (Wildman–Crippen MR) is 155 cm³/mol. The third kappa shape index (κ3) is 7.12. The van der Waals surface area contributed by atoms with Gasteiger partial charge < -0.3 is 24.4 Å². The topological polar surface area (TPSA) is 60.0 Å². The Kier molecular flexibility index (Phi) is 9.04. The molecule has 1 aliphatic heterocycles. The average molecular weight is 529 g/mol. The molecule has 6 heteroatoms. The van der Waals surface area contributed by atoms with Gasteiger partial charge in [0.25, 0.3) is 5.91 Å². The number of hydrogen-bond donors (Lipinski definition) is 1. The lowest BCUT2D eigenvalue weighted by atomic mass is 9.82. The SMILES string of the molecule is COc1ccc(NC(=O)c2ccc(COc3ccc4c(c3)CCC(CCN3CCCCC3)C4)cc2)cc1OC. The van der Waals surface area contributed by atoms with Gasteiger partial charge in [-0.15, -0.1) is 0 Å². The van der Waals surface area contributed by atoms with Crippen molar-refractivity contribution in [3.8, 4) is 17.2 Å². The Balaban J connectivity index is 1.10. The summed E-state index contributed by atoms with van der Waals surface area (Å²) in [6, 6.07) is 19.4. The Hall–Kier alpha value is -3.51. The Morgan fingerprint density at radius 2 is 1.69 bits per heavy atom. The Labute approximate surface area is 232 Å². The quantitative estimate of drug-likeness (QED) is 0.325. The fourth-order valence-electron chi connectivity index (χ4n) is 5.73. The van der Waals surface area contributed by atoms with Crippen molar-refractivity contribution in [2.24, 2.45) is 5.92 Å². The Bertz CT molecular complexity index is 1250. The number of anilines is 1. The first-order valence-electron chi connectivity index (χ1n) is 14.2. The molecular formula is C33H40N2O4. The largest absolute Gasteiger partial charge is 0.493 e. The van der Waals surface area contributed by atoms with Crippen LogP contribution in [-0.2, 0) is 19.4 Å². The van der Waals surface area contributed by atoms with Gasteiger partial charge >= 0.3 is 0 Å². The van der Waals surface area contributed by atoms with Crippen molar-refractivity contribution >= 4 is 11.6 Å². The molecule has 39 heavy (non-hydrogen) atoms. The molecule has 0 radical (unpaired) electrons. The zero-order chi connectivity index (χ0) is 27.0. The number of benzene rings is 3. The van der Waals surface area contributed by atoms with E-state index in [0.29, 0.717) is 29.4 Å². The lowest BCUT2D eigenvalue weighted by Crippen LogP contribution is -2.32. The number of nitrogens with zero attached hydrogens (tertiary/aromatic N) is 1. The maximum Gasteiger partial charge on any atom is 0.255 e. The molecule has 1 unspecified atom stereocenters. The smallest absolute Gasteiger partial charge is 0.255 e. The minimum atomic E-state index is -0.182. The van der Waals surface area contributed by atoms with Crippen LogP contribution in [0.2, 0.25) is 0 Å². The van der Waals surface area contributed by atoms with E-state index in [9.17, 15) is 4.79 Å². The monoisotopic (exact) mass is 528 g/mol. The minimum absolute atomic E-state index is 0.182. The first-order chi connectivity index (χ1) is 19.1. The highest BCUT2D eigenvalue weighted by atomic mass is 16.5. The summed E-state index contributed by atoms with van der Waals surface area (Å²) in [5.74, 6) is 2.71. The normalized spacial score (nSPS) is 17.2. The summed E-state index contributed by atoms with van der Waals surface area (Å²) in [5, 5.41) is 2.91. The van der Waals surface area contributed by atoms with Crippen molar-refractivity contribution in [3.05, 3.63) is 82.9 Å². The van der Waals surface area contributed by atoms with Gasteiger partial charge in [0.1, 0.15) is 12.4 Å². The zero-order valence-electron chi connectivity index (χ0n) is 23.2. The second-order valence-corrected chi connectivity index (χ2v) is 10.7. The number of aryl methyl sites for hydroxylation is 1. The molecule has 5 rings (SSSR count). The standard InChI is InChI=1S/C33H40N2O4/c1-37-31-15-13-29(22-32(31)38-2)34-33(36)26-9-7-25(8-10-26)23-39-30-14-12-27-20-24(6-11-28(27)21-30)16-19-35-17-4-3-5-18-35/h7-10,12-15,21-22,24H,3-6,11,16-20,23H2,1-2H3,(H,34,36). The van der Waals surface area contributed by atoms with Crippen molar-refractivity contribution in [2.75, 3.05) is 39.2 Å². The summed E-state index contributed by atoms with van der Waals surface area (Å²) in [6.45, 7) is 4.31. The first-order valence-corrected chi connectivity index (χ1v) is 14.2. The molecule has 0 saturated carbocycles. The highest BCUT2D eigenvalue weighted by molar-refractivity contribution is 6.04. The van der Waals surface area contributed by atoms with E-state index in [-0.39, 0.29) is 5.91 Å². The highest BCUT2D eigenvalue weighted by Gasteiger charge is 2.20. The molecule has 1 fully saturated rings. The van der Waals surface area contributed by atoms with E-state index < -0.39 is 0 Å². The molecule has 1 saturated heterocycles. The number of rotatable bonds is 10. The summed E-state index contributed by atoms with van der Waals surface area (Å²) in [5.41, 5.74) is 5.17. The van der Waals surface area contributed by atoms with Gasteiger partial charge in [0.2, 0.25) is 0 Å². The van der Waals surface area contributed by atoms with Crippen molar-refractivity contribution in [3.63, 3.8) is 0 Å². The summed E-state index contributed by atoms with van der Waals surface area (Å²) in [6.07, 6.45) is 9.07. The number of hydrogen-bond acceptors (Lipinski definition) is 5. The molecular weight excluding hydrogens is 488 g/mol. The molecule has 1 heterocycles. The highest BCUT2D eigenvalue weighted by Crippen LogP contribution is 2.32. The Morgan fingerprint density at radius 3 is 2.46 bits per heavy atom. The molecule has 1 N–H and O–H groups in total. The fraction of sp³-hybridized carbons (Fsp3) is 0.424. The van der Waals surface area contributed by atoms with Crippen molar-refractivity contribution in [1.29, 1.82) is 0 Å². The molecule has 3 aromatic rings. The molecule has 206 valence electrons. The molecule has 1 aliphatic carbocycles. The van der Waals surface area contributed by atoms with Gasteiger partial charge in [0, 0.05) is 17.3 Å². The van der Waals surface area contributed by atoms with E-state index in [4.69, 9.17) is 14.2 Å². The predicted octanol–water partition coefficient (Wildman–Crippen LogP) is 6.52. The fourth-order valence-corrected chi connectivity index (χ4v) is 5.73. The van der Waals surface area contributed by atoms with Gasteiger partial charge in [-0.1, -0.05) is 24.6 Å². The summed E-state index contributed by atoms with van der Waals surface area (Å²) >= 11 is 0. The van der Waals surface area contributed by atoms with Crippen LogP contribution in [0.25, 0.3) is 0 Å². The molecule has 0 spiro atoms. The zero-order valence-corrected chi connectivity index (χ0v) is 23.2. The van der Waals surface area contributed by atoms with Crippen LogP contribution in [0.5, 0.6) is 17.2 Å². The van der Waals surface area contributed by atoms with E-state index in [1.165, 1.54) is 69.3 Å². The van der Waals surface area contributed by atoms with E-state index in [0.717, 1.165) is 23.7 Å². The van der Waals surface area contributed by atoms with Crippen LogP contribution < -0.4 is 19.5 Å². The summed E-state index contributed by atoms with van der Waals surface area (Å²) in [4.78, 5) is 15.4. The number of methoxy groups -OCH3 is 2. The maximum absolute atomic E-state index is 12.7. The lowest BCUT2D eigenvalue weighted by Gasteiger charge is -2.30. The maximum atomic E-state index is 12.7. The van der Waals surface area contributed by atoms with Gasteiger partial charge in [-0.25, -0.2) is 0 Å². The van der Waals surface area contributed by atoms with E-state index in [2.05, 4.69) is 28.4 Å². The molecule has 6 nitrogen and oxygen atoms in total. The van der Waals surface area contributed by atoms with E-state index in [1.54, 1.807) is 32.4 Å². The van der Waals surface area contributed by atoms with E-state index in [1.807, 2.05) is 24.3 Å². The van der Waals surface area contributed by atoms with Gasteiger partial charge in [-0.3, -0.25) is 4.79 Å². The molecule has 0 aromatic heterocycles. The number of carbonyl (C=O) groups is 1. The van der Waals surface area contributed by atoms with Gasteiger partial charge in [0.05, 0.1) is 14.2 Å². The number of nitrogens with one attached hydrogen (secondary N) is 1. The number of fused-ring (bicyclic) bond motifs is 1. The van der Waals surface area contributed by atoms with Crippen LogP contribution >= 0.6 is 0 Å². The van der Waals surface area contributed by atoms with Crippen molar-refractivity contribution in [2.45, 2.75) is 51.6 Å². The Morgan fingerprint density at radius 1 is 0.897 bits per heavy atom. The molecule has 1 atom stereocenters. The minimum Gasteiger partial charge on any atom is -0.493 e. The van der Waals surface area contributed by atoms with Crippen LogP contribution in [-0.4, -0.2) is 44.7 Å². The van der Waals surface area contributed by atoms with Crippen LogP contribution in [0.1, 0.15) is 59.2 Å². The second-order valence-electron chi connectivity index (χ2n) is 10.7. The number of ether oxygens (including phenoxy) is 3. The number of likely N-dealkylation sites (tertiary alicyclic amines) is 1. The molecule has 1 amide bonds. The average Bonchev–Trinajstić information content (AvgIpc) is 2.99. The second kappa shape index (κ2) is 13.0. The third-order valence-electron chi connectivity index (χ3n) is 8.07. The summed E-state index contributed by atoms with van der Waals surface area (Å²) < 4.78 is 16.7. The molecule has 2 aliphatic rings. The van der Waals surface area contributed by atoms with Crippen molar-refractivity contribution in [1.82, 2.24) is 4.90 Å².